The smallest absolute Gasteiger partial charge is 0.331 e. The fraction of sp³-hybridized carbons (Fsp3) is 0.692. The summed E-state index contributed by atoms with van der Waals surface area (Å²) in [5.41, 5.74) is 0. The highest BCUT2D eigenvalue weighted by atomic mass is 16.2. The number of barbiturate groups is 1. The van der Waals surface area contributed by atoms with E-state index in [1.165, 1.54) is 6.92 Å². The molecule has 20 heavy (non-hydrogen) atoms. The van der Waals surface area contributed by atoms with E-state index in [0.717, 1.165) is 11.3 Å². The van der Waals surface area contributed by atoms with Crippen LogP contribution in [0.1, 0.15) is 40.0 Å². The maximum atomic E-state index is 12.2. The number of imide groups is 2. The standard InChI is InChI=1S/C13H21N3O4/c1-4-6-9-11(18)15-13(20)16(12(9)19)8(3)10(17)14-7-5-2/h8-9H,4-7H2,1-3H3,(H,14,17)(H,15,18,20). The van der Waals surface area contributed by atoms with Crippen molar-refractivity contribution in [3.8, 4) is 0 Å². The summed E-state index contributed by atoms with van der Waals surface area (Å²) in [5, 5.41) is 4.76. The van der Waals surface area contributed by atoms with E-state index in [0.29, 0.717) is 19.4 Å². The van der Waals surface area contributed by atoms with E-state index in [-0.39, 0.29) is 0 Å². The minimum Gasteiger partial charge on any atom is -0.354 e. The lowest BCUT2D eigenvalue weighted by atomic mass is 9.98. The number of nitrogens with zero attached hydrogens (tertiary/aromatic N) is 1. The van der Waals surface area contributed by atoms with Gasteiger partial charge in [0.2, 0.25) is 17.7 Å². The van der Waals surface area contributed by atoms with Crippen molar-refractivity contribution in [1.82, 2.24) is 15.5 Å². The van der Waals surface area contributed by atoms with Gasteiger partial charge >= 0.3 is 6.03 Å². The molecule has 1 heterocycles. The lowest BCUT2D eigenvalue weighted by Crippen LogP contribution is -2.62. The summed E-state index contributed by atoms with van der Waals surface area (Å²) in [5.74, 6) is -2.47. The van der Waals surface area contributed by atoms with Crippen LogP contribution in [0.15, 0.2) is 0 Å². The van der Waals surface area contributed by atoms with Crippen LogP contribution < -0.4 is 10.6 Å². The first-order valence-corrected chi connectivity index (χ1v) is 6.89. The largest absolute Gasteiger partial charge is 0.354 e. The van der Waals surface area contributed by atoms with Crippen molar-refractivity contribution in [2.24, 2.45) is 5.92 Å². The molecule has 2 N–H and O–H groups in total. The second-order valence-electron chi connectivity index (χ2n) is 4.81. The van der Waals surface area contributed by atoms with Crippen LogP contribution in [0.25, 0.3) is 0 Å². The topological polar surface area (TPSA) is 95.6 Å². The van der Waals surface area contributed by atoms with Gasteiger partial charge < -0.3 is 5.32 Å². The molecule has 112 valence electrons. The van der Waals surface area contributed by atoms with E-state index in [1.807, 2.05) is 13.8 Å². The quantitative estimate of drug-likeness (QED) is 0.689. The summed E-state index contributed by atoms with van der Waals surface area (Å²) >= 11 is 0. The lowest BCUT2D eigenvalue weighted by Gasteiger charge is -2.33. The Morgan fingerprint density at radius 1 is 1.30 bits per heavy atom. The van der Waals surface area contributed by atoms with Crippen molar-refractivity contribution in [1.29, 1.82) is 0 Å². The van der Waals surface area contributed by atoms with Crippen molar-refractivity contribution < 1.29 is 19.2 Å². The van der Waals surface area contributed by atoms with Gasteiger partial charge in [-0.3, -0.25) is 24.6 Å². The molecule has 0 aromatic heterocycles. The Morgan fingerprint density at radius 3 is 2.50 bits per heavy atom. The number of carbonyl (C=O) groups excluding carboxylic acids is 4. The van der Waals surface area contributed by atoms with Gasteiger partial charge in [-0.25, -0.2) is 4.79 Å². The highest BCUT2D eigenvalue weighted by molar-refractivity contribution is 6.17. The minimum absolute atomic E-state index is 0.359. The predicted molar refractivity (Wildman–Crippen MR) is 71.5 cm³/mol. The third-order valence-electron chi connectivity index (χ3n) is 3.19. The van der Waals surface area contributed by atoms with E-state index >= 15 is 0 Å². The molecule has 1 aliphatic heterocycles. The summed E-state index contributed by atoms with van der Waals surface area (Å²) in [6.07, 6.45) is 1.76. The summed E-state index contributed by atoms with van der Waals surface area (Å²) in [6, 6.07) is -1.76. The average molecular weight is 283 g/mol. The SMILES string of the molecule is CCCNC(=O)C(C)N1C(=O)NC(=O)C(CCC)C1=O. The molecule has 7 nitrogen and oxygen atoms in total. The maximum Gasteiger partial charge on any atom is 0.331 e. The molecule has 1 aliphatic rings. The number of hydrogen-bond acceptors (Lipinski definition) is 4. The fourth-order valence-electron chi connectivity index (χ4n) is 2.06. The normalized spacial score (nSPS) is 20.6. The van der Waals surface area contributed by atoms with Crippen LogP contribution in [-0.2, 0) is 14.4 Å². The average Bonchev–Trinajstić information content (AvgIpc) is 2.40. The molecule has 2 atom stereocenters. The Hall–Kier alpha value is -1.92. The van der Waals surface area contributed by atoms with Gasteiger partial charge in [0, 0.05) is 6.54 Å². The van der Waals surface area contributed by atoms with Crippen molar-refractivity contribution in [2.45, 2.75) is 46.1 Å². The lowest BCUT2D eigenvalue weighted by molar-refractivity contribution is -0.147. The molecule has 0 radical (unpaired) electrons. The van der Waals surface area contributed by atoms with Gasteiger partial charge in [0.15, 0.2) is 0 Å². The first kappa shape index (κ1) is 16.1. The number of urea groups is 1. The van der Waals surface area contributed by atoms with Crippen molar-refractivity contribution in [3.05, 3.63) is 0 Å². The van der Waals surface area contributed by atoms with Crippen LogP contribution in [0, 0.1) is 5.92 Å². The first-order chi connectivity index (χ1) is 9.43. The maximum absolute atomic E-state index is 12.2. The molecular formula is C13H21N3O4. The van der Waals surface area contributed by atoms with Gasteiger partial charge in [0.05, 0.1) is 0 Å². The molecule has 7 heteroatoms. The number of rotatable bonds is 6. The second kappa shape index (κ2) is 7.02. The molecule has 0 aromatic carbocycles. The van der Waals surface area contributed by atoms with Crippen LogP contribution in [0.5, 0.6) is 0 Å². The molecule has 0 aliphatic carbocycles. The zero-order valence-corrected chi connectivity index (χ0v) is 12.1. The van der Waals surface area contributed by atoms with Crippen molar-refractivity contribution >= 4 is 23.8 Å². The van der Waals surface area contributed by atoms with Crippen LogP contribution in [0.3, 0.4) is 0 Å². The van der Waals surface area contributed by atoms with Gasteiger partial charge in [-0.05, 0) is 19.8 Å². The Morgan fingerprint density at radius 2 is 1.95 bits per heavy atom. The zero-order valence-electron chi connectivity index (χ0n) is 12.1. The molecule has 1 saturated heterocycles. The molecule has 0 aromatic rings. The van der Waals surface area contributed by atoms with Crippen molar-refractivity contribution in [3.63, 3.8) is 0 Å². The van der Waals surface area contributed by atoms with Gasteiger partial charge in [0.25, 0.3) is 0 Å². The van der Waals surface area contributed by atoms with Crippen molar-refractivity contribution in [2.75, 3.05) is 6.54 Å². The fourth-order valence-corrected chi connectivity index (χ4v) is 2.06. The van der Waals surface area contributed by atoms with Gasteiger partial charge in [-0.2, -0.15) is 0 Å². The monoisotopic (exact) mass is 283 g/mol. The van der Waals surface area contributed by atoms with Crippen LogP contribution in [-0.4, -0.2) is 41.2 Å². The predicted octanol–water partition coefficient (Wildman–Crippen LogP) is 0.396. The second-order valence-corrected chi connectivity index (χ2v) is 4.81. The number of hydrogen-bond donors (Lipinski definition) is 2. The van der Waals surface area contributed by atoms with E-state index < -0.39 is 35.7 Å². The Bertz CT molecular complexity index is 422. The zero-order chi connectivity index (χ0) is 15.3. The molecule has 0 spiro atoms. The molecule has 1 fully saturated rings. The third kappa shape index (κ3) is 3.34. The van der Waals surface area contributed by atoms with Crippen LogP contribution >= 0.6 is 0 Å². The molecule has 1 rings (SSSR count). The highest BCUT2D eigenvalue weighted by Gasteiger charge is 2.43. The summed E-state index contributed by atoms with van der Waals surface area (Å²) in [4.78, 5) is 48.3. The van der Waals surface area contributed by atoms with E-state index in [4.69, 9.17) is 0 Å². The number of carbonyl (C=O) groups is 4. The van der Waals surface area contributed by atoms with Gasteiger partial charge in [-0.15, -0.1) is 0 Å². The molecule has 5 amide bonds. The Balaban J connectivity index is 2.85. The van der Waals surface area contributed by atoms with E-state index in [9.17, 15) is 19.2 Å². The Labute approximate surface area is 118 Å². The van der Waals surface area contributed by atoms with Crippen LogP contribution in [0.4, 0.5) is 4.79 Å². The molecular weight excluding hydrogens is 262 g/mol. The highest BCUT2D eigenvalue weighted by Crippen LogP contribution is 2.18. The molecule has 2 unspecified atom stereocenters. The Kier molecular flexibility index (Phi) is 5.66. The van der Waals surface area contributed by atoms with Gasteiger partial charge in [-0.1, -0.05) is 20.3 Å². The third-order valence-corrected chi connectivity index (χ3v) is 3.19. The number of amides is 5. The minimum atomic E-state index is -0.929. The number of nitrogens with one attached hydrogen (secondary N) is 2. The molecule has 0 bridgehead atoms. The van der Waals surface area contributed by atoms with E-state index in [2.05, 4.69) is 10.6 Å². The van der Waals surface area contributed by atoms with E-state index in [1.54, 1.807) is 0 Å². The summed E-state index contributed by atoms with van der Waals surface area (Å²) < 4.78 is 0. The van der Waals surface area contributed by atoms with Gasteiger partial charge in [0.1, 0.15) is 12.0 Å². The summed E-state index contributed by atoms with van der Waals surface area (Å²) in [7, 11) is 0. The first-order valence-electron chi connectivity index (χ1n) is 6.89. The van der Waals surface area contributed by atoms with Crippen LogP contribution in [0.2, 0.25) is 0 Å². The summed E-state index contributed by atoms with van der Waals surface area (Å²) in [6.45, 7) is 5.70. The molecule has 0 saturated carbocycles.